The predicted molar refractivity (Wildman–Crippen MR) is 126 cm³/mol. The molecule has 1 aliphatic rings. The number of amides is 2. The number of fused-ring (bicyclic) bond motifs is 1. The third-order valence-corrected chi connectivity index (χ3v) is 5.90. The number of benzene rings is 3. The molecule has 1 unspecified atom stereocenters. The maximum atomic E-state index is 13.1. The SMILES string of the molecule is CCC(C(=O)Nc1ccc2c(c1)CN(CCc1ccc(F)cc1)C(=O)CO2)c1ccccc1. The van der Waals surface area contributed by atoms with Gasteiger partial charge in [-0.15, -0.1) is 0 Å². The second kappa shape index (κ2) is 10.3. The molecule has 0 fully saturated rings. The molecule has 3 aromatic carbocycles. The maximum absolute atomic E-state index is 13.1. The van der Waals surface area contributed by atoms with Crippen LogP contribution in [0.15, 0.2) is 72.8 Å². The minimum absolute atomic E-state index is 0.0337. The van der Waals surface area contributed by atoms with E-state index in [1.807, 2.05) is 43.3 Å². The number of carbonyl (C=O) groups is 2. The molecule has 4 rings (SSSR count). The van der Waals surface area contributed by atoms with E-state index in [0.29, 0.717) is 37.4 Å². The van der Waals surface area contributed by atoms with Gasteiger partial charge in [-0.2, -0.15) is 0 Å². The molecule has 1 N–H and O–H groups in total. The van der Waals surface area contributed by atoms with Crippen LogP contribution in [0.3, 0.4) is 0 Å². The Labute approximate surface area is 193 Å². The van der Waals surface area contributed by atoms with Gasteiger partial charge >= 0.3 is 0 Å². The first-order valence-electron chi connectivity index (χ1n) is 11.2. The molecule has 33 heavy (non-hydrogen) atoms. The van der Waals surface area contributed by atoms with Crippen molar-refractivity contribution in [3.05, 3.63) is 95.3 Å². The number of hydrogen-bond donors (Lipinski definition) is 1. The van der Waals surface area contributed by atoms with E-state index in [-0.39, 0.29) is 30.2 Å². The number of nitrogens with one attached hydrogen (secondary N) is 1. The zero-order valence-corrected chi connectivity index (χ0v) is 18.6. The Kier molecular flexibility index (Phi) is 7.03. The number of ether oxygens (including phenoxy) is 1. The van der Waals surface area contributed by atoms with Gasteiger partial charge in [0.25, 0.3) is 5.91 Å². The molecule has 0 spiro atoms. The fourth-order valence-corrected chi connectivity index (χ4v) is 4.05. The summed E-state index contributed by atoms with van der Waals surface area (Å²) < 4.78 is 18.9. The summed E-state index contributed by atoms with van der Waals surface area (Å²) in [6.45, 7) is 2.84. The van der Waals surface area contributed by atoms with Crippen molar-refractivity contribution >= 4 is 17.5 Å². The van der Waals surface area contributed by atoms with Crippen molar-refractivity contribution in [3.63, 3.8) is 0 Å². The highest BCUT2D eigenvalue weighted by molar-refractivity contribution is 5.96. The topological polar surface area (TPSA) is 58.6 Å². The van der Waals surface area contributed by atoms with Crippen LogP contribution in [0.25, 0.3) is 0 Å². The predicted octanol–water partition coefficient (Wildman–Crippen LogP) is 4.92. The molecule has 0 radical (unpaired) electrons. The Balaban J connectivity index is 1.46. The van der Waals surface area contributed by atoms with Crippen molar-refractivity contribution in [1.29, 1.82) is 0 Å². The lowest BCUT2D eigenvalue weighted by Gasteiger charge is -2.20. The minimum Gasteiger partial charge on any atom is -0.483 e. The molecular weight excluding hydrogens is 419 g/mol. The Bertz CT molecular complexity index is 1120. The molecule has 0 saturated carbocycles. The van der Waals surface area contributed by atoms with E-state index in [2.05, 4.69) is 5.32 Å². The molecule has 0 bridgehead atoms. The molecule has 2 amide bonds. The Hall–Kier alpha value is -3.67. The molecule has 5 nitrogen and oxygen atoms in total. The highest BCUT2D eigenvalue weighted by Gasteiger charge is 2.23. The summed E-state index contributed by atoms with van der Waals surface area (Å²) in [5.41, 5.74) is 3.45. The molecule has 1 heterocycles. The van der Waals surface area contributed by atoms with Gasteiger partial charge in [0.2, 0.25) is 5.91 Å². The molecular formula is C27H27FN2O3. The average Bonchev–Trinajstić information content (AvgIpc) is 2.98. The summed E-state index contributed by atoms with van der Waals surface area (Å²) in [4.78, 5) is 27.3. The van der Waals surface area contributed by atoms with Crippen LogP contribution >= 0.6 is 0 Å². The Morgan fingerprint density at radius 1 is 1.09 bits per heavy atom. The van der Waals surface area contributed by atoms with Crippen LogP contribution in [-0.2, 0) is 22.6 Å². The van der Waals surface area contributed by atoms with Crippen molar-refractivity contribution in [2.24, 2.45) is 0 Å². The summed E-state index contributed by atoms with van der Waals surface area (Å²) in [6.07, 6.45) is 1.31. The lowest BCUT2D eigenvalue weighted by molar-refractivity contribution is -0.133. The van der Waals surface area contributed by atoms with E-state index in [1.165, 1.54) is 12.1 Å². The maximum Gasteiger partial charge on any atom is 0.260 e. The molecule has 0 aliphatic carbocycles. The van der Waals surface area contributed by atoms with E-state index in [9.17, 15) is 14.0 Å². The molecule has 1 atom stereocenters. The minimum atomic E-state index is -0.279. The fraction of sp³-hybridized carbons (Fsp3) is 0.259. The summed E-state index contributed by atoms with van der Waals surface area (Å²) >= 11 is 0. The van der Waals surface area contributed by atoms with E-state index in [1.54, 1.807) is 29.2 Å². The molecule has 170 valence electrons. The van der Waals surface area contributed by atoms with Crippen molar-refractivity contribution in [2.75, 3.05) is 18.5 Å². The summed E-state index contributed by atoms with van der Waals surface area (Å²) in [5.74, 6) is -0.0497. The third kappa shape index (κ3) is 5.58. The third-order valence-electron chi connectivity index (χ3n) is 5.90. The van der Waals surface area contributed by atoms with Crippen LogP contribution in [-0.4, -0.2) is 29.9 Å². The Morgan fingerprint density at radius 3 is 2.58 bits per heavy atom. The zero-order chi connectivity index (χ0) is 23.2. The number of anilines is 1. The van der Waals surface area contributed by atoms with Crippen LogP contribution < -0.4 is 10.1 Å². The average molecular weight is 447 g/mol. The van der Waals surface area contributed by atoms with Crippen molar-refractivity contribution < 1.29 is 18.7 Å². The van der Waals surface area contributed by atoms with Gasteiger partial charge in [0, 0.05) is 24.3 Å². The second-order valence-corrected chi connectivity index (χ2v) is 8.16. The van der Waals surface area contributed by atoms with E-state index >= 15 is 0 Å². The van der Waals surface area contributed by atoms with Gasteiger partial charge in [0.05, 0.1) is 5.92 Å². The van der Waals surface area contributed by atoms with E-state index in [0.717, 1.165) is 16.7 Å². The second-order valence-electron chi connectivity index (χ2n) is 8.16. The van der Waals surface area contributed by atoms with Crippen LogP contribution in [0.2, 0.25) is 0 Å². The molecule has 6 heteroatoms. The summed E-state index contributed by atoms with van der Waals surface area (Å²) in [7, 11) is 0. The van der Waals surface area contributed by atoms with Gasteiger partial charge in [-0.1, -0.05) is 49.4 Å². The van der Waals surface area contributed by atoms with Gasteiger partial charge in [0.1, 0.15) is 11.6 Å². The largest absolute Gasteiger partial charge is 0.483 e. The quantitative estimate of drug-likeness (QED) is 0.560. The highest BCUT2D eigenvalue weighted by Crippen LogP contribution is 2.28. The first-order valence-corrected chi connectivity index (χ1v) is 11.2. The van der Waals surface area contributed by atoms with Crippen LogP contribution in [0, 0.1) is 5.82 Å². The van der Waals surface area contributed by atoms with Crippen molar-refractivity contribution in [2.45, 2.75) is 32.2 Å². The number of carbonyl (C=O) groups excluding carboxylic acids is 2. The lowest BCUT2D eigenvalue weighted by Crippen LogP contribution is -2.34. The molecule has 0 saturated heterocycles. The summed E-state index contributed by atoms with van der Waals surface area (Å²) in [5, 5.41) is 3.02. The van der Waals surface area contributed by atoms with E-state index in [4.69, 9.17) is 4.74 Å². The highest BCUT2D eigenvalue weighted by atomic mass is 19.1. The Morgan fingerprint density at radius 2 is 1.85 bits per heavy atom. The van der Waals surface area contributed by atoms with Gasteiger partial charge in [-0.3, -0.25) is 9.59 Å². The van der Waals surface area contributed by atoms with Crippen LogP contribution in [0.1, 0.15) is 36.0 Å². The number of rotatable bonds is 7. The van der Waals surface area contributed by atoms with Gasteiger partial charge in [-0.25, -0.2) is 4.39 Å². The normalized spacial score (nSPS) is 14.1. The van der Waals surface area contributed by atoms with Gasteiger partial charge in [0.15, 0.2) is 6.61 Å². The van der Waals surface area contributed by atoms with Crippen molar-refractivity contribution in [3.8, 4) is 5.75 Å². The van der Waals surface area contributed by atoms with E-state index < -0.39 is 0 Å². The lowest BCUT2D eigenvalue weighted by atomic mass is 9.95. The van der Waals surface area contributed by atoms with Crippen LogP contribution in [0.4, 0.5) is 10.1 Å². The van der Waals surface area contributed by atoms with Gasteiger partial charge in [-0.05, 0) is 54.3 Å². The fourth-order valence-electron chi connectivity index (χ4n) is 4.05. The number of nitrogens with zero attached hydrogens (tertiary/aromatic N) is 1. The van der Waals surface area contributed by atoms with Gasteiger partial charge < -0.3 is 15.0 Å². The zero-order valence-electron chi connectivity index (χ0n) is 18.6. The molecule has 3 aromatic rings. The number of halogens is 1. The first-order chi connectivity index (χ1) is 16.0. The first kappa shape index (κ1) is 22.5. The van der Waals surface area contributed by atoms with Crippen molar-refractivity contribution in [1.82, 2.24) is 4.90 Å². The number of hydrogen-bond acceptors (Lipinski definition) is 3. The smallest absolute Gasteiger partial charge is 0.260 e. The van der Waals surface area contributed by atoms with Crippen LogP contribution in [0.5, 0.6) is 5.75 Å². The molecule has 1 aliphatic heterocycles. The molecule has 0 aromatic heterocycles. The standard InChI is InChI=1S/C27H27FN2O3/c1-2-24(20-6-4-3-5-7-20)27(32)29-23-12-13-25-21(16-23)17-30(26(31)18-33-25)15-14-19-8-10-22(28)11-9-19/h3-13,16,24H,2,14-15,17-18H2,1H3,(H,29,32). The monoisotopic (exact) mass is 446 g/mol. The summed E-state index contributed by atoms with van der Waals surface area (Å²) in [6, 6.07) is 21.5.